The lowest BCUT2D eigenvalue weighted by Gasteiger charge is -2.26. The van der Waals surface area contributed by atoms with Gasteiger partial charge in [-0.3, -0.25) is 10.2 Å². The Morgan fingerprint density at radius 2 is 2.18 bits per heavy atom. The van der Waals surface area contributed by atoms with Gasteiger partial charge in [0, 0.05) is 12.6 Å². The quantitative estimate of drug-likeness (QED) is 0.237. The summed E-state index contributed by atoms with van der Waals surface area (Å²) in [5.74, 6) is -1.54. The topological polar surface area (TPSA) is 131 Å². The standard InChI is InChI=1S/C9H18BN3O4/c11-9(12)13-5-3-6(8(14)15)7(13)2-1-4-10(16)17/h6-7,16-17H,1-5H2,(H3,11,12)(H,14,15). The average Bonchev–Trinajstić information content (AvgIpc) is 2.60. The van der Waals surface area contributed by atoms with Crippen LogP contribution >= 0.6 is 0 Å². The molecule has 17 heavy (non-hydrogen) atoms. The van der Waals surface area contributed by atoms with E-state index in [-0.39, 0.29) is 18.3 Å². The first-order valence-corrected chi connectivity index (χ1v) is 5.63. The van der Waals surface area contributed by atoms with Crippen LogP contribution in [0.1, 0.15) is 19.3 Å². The number of carboxylic acid groups (broad SMARTS) is 1. The monoisotopic (exact) mass is 243 g/mol. The number of guanidine groups is 1. The molecule has 2 atom stereocenters. The smallest absolute Gasteiger partial charge is 0.451 e. The van der Waals surface area contributed by atoms with Gasteiger partial charge >= 0.3 is 13.1 Å². The third kappa shape index (κ3) is 3.60. The predicted molar refractivity (Wildman–Crippen MR) is 62.4 cm³/mol. The van der Waals surface area contributed by atoms with Crippen molar-refractivity contribution in [3.05, 3.63) is 0 Å². The molecular weight excluding hydrogens is 225 g/mol. The maximum absolute atomic E-state index is 11.0. The molecule has 8 heteroatoms. The van der Waals surface area contributed by atoms with Gasteiger partial charge < -0.3 is 25.8 Å². The van der Waals surface area contributed by atoms with Crippen molar-refractivity contribution in [2.45, 2.75) is 31.6 Å². The molecule has 0 radical (unpaired) electrons. The molecule has 7 nitrogen and oxygen atoms in total. The summed E-state index contributed by atoms with van der Waals surface area (Å²) >= 11 is 0. The van der Waals surface area contributed by atoms with Gasteiger partial charge in [0.05, 0.1) is 5.92 Å². The van der Waals surface area contributed by atoms with Crippen LogP contribution in [-0.4, -0.2) is 51.7 Å². The van der Waals surface area contributed by atoms with Crippen LogP contribution in [0.5, 0.6) is 0 Å². The van der Waals surface area contributed by atoms with Gasteiger partial charge in [-0.1, -0.05) is 6.42 Å². The summed E-state index contributed by atoms with van der Waals surface area (Å²) in [4.78, 5) is 12.6. The zero-order valence-electron chi connectivity index (χ0n) is 9.54. The maximum Gasteiger partial charge on any atom is 0.451 e. The number of likely N-dealkylation sites (tertiary alicyclic amines) is 1. The highest BCUT2D eigenvalue weighted by Gasteiger charge is 2.39. The number of carbonyl (C=O) groups is 1. The molecule has 0 saturated carbocycles. The molecule has 0 aromatic heterocycles. The molecule has 1 heterocycles. The minimum absolute atomic E-state index is 0.122. The highest BCUT2D eigenvalue weighted by Crippen LogP contribution is 2.28. The number of carboxylic acids is 1. The largest absolute Gasteiger partial charge is 0.481 e. The van der Waals surface area contributed by atoms with E-state index in [1.165, 1.54) is 0 Å². The third-order valence-electron chi connectivity index (χ3n) is 3.13. The van der Waals surface area contributed by atoms with Gasteiger partial charge in [0.1, 0.15) is 0 Å². The summed E-state index contributed by atoms with van der Waals surface area (Å²) in [5, 5.41) is 33.9. The van der Waals surface area contributed by atoms with Gasteiger partial charge in [0.2, 0.25) is 0 Å². The van der Waals surface area contributed by atoms with E-state index < -0.39 is 19.0 Å². The van der Waals surface area contributed by atoms with Gasteiger partial charge in [0.15, 0.2) is 5.96 Å². The molecule has 0 aliphatic carbocycles. The Kier molecular flexibility index (Phi) is 4.77. The first-order chi connectivity index (χ1) is 7.93. The summed E-state index contributed by atoms with van der Waals surface area (Å²) in [7, 11) is -1.37. The second-order valence-corrected chi connectivity index (χ2v) is 4.29. The van der Waals surface area contributed by atoms with Crippen molar-refractivity contribution in [1.29, 1.82) is 5.41 Å². The molecule has 0 aromatic rings. The average molecular weight is 243 g/mol. The van der Waals surface area contributed by atoms with Gasteiger partial charge in [0.25, 0.3) is 0 Å². The molecule has 96 valence electrons. The number of hydrogen-bond acceptors (Lipinski definition) is 4. The Labute approximate surface area is 99.9 Å². The summed E-state index contributed by atoms with van der Waals surface area (Å²) in [5.41, 5.74) is 5.40. The molecule has 1 saturated heterocycles. The molecule has 0 amide bonds. The zero-order valence-corrected chi connectivity index (χ0v) is 9.54. The summed E-state index contributed by atoms with van der Waals surface area (Å²) in [6, 6.07) is -0.316. The van der Waals surface area contributed by atoms with Crippen LogP contribution in [0.4, 0.5) is 0 Å². The van der Waals surface area contributed by atoms with Crippen molar-refractivity contribution in [3.8, 4) is 0 Å². The van der Waals surface area contributed by atoms with E-state index >= 15 is 0 Å². The van der Waals surface area contributed by atoms with E-state index in [9.17, 15) is 4.79 Å². The molecule has 1 rings (SSSR count). The number of aliphatic carboxylic acids is 1. The lowest BCUT2D eigenvalue weighted by Crippen LogP contribution is -2.43. The second-order valence-electron chi connectivity index (χ2n) is 4.29. The first-order valence-electron chi connectivity index (χ1n) is 5.63. The predicted octanol–water partition coefficient (Wildman–Crippen LogP) is -1.09. The minimum Gasteiger partial charge on any atom is -0.481 e. The minimum atomic E-state index is -1.37. The molecular formula is C9H18BN3O4. The Morgan fingerprint density at radius 3 is 2.65 bits per heavy atom. The van der Waals surface area contributed by atoms with Crippen LogP contribution in [0.25, 0.3) is 0 Å². The van der Waals surface area contributed by atoms with Gasteiger partial charge in [-0.2, -0.15) is 0 Å². The van der Waals surface area contributed by atoms with Crippen LogP contribution < -0.4 is 5.73 Å². The highest BCUT2D eigenvalue weighted by atomic mass is 16.4. The summed E-state index contributed by atoms with van der Waals surface area (Å²) in [6.07, 6.45) is 1.67. The molecule has 1 aliphatic rings. The maximum atomic E-state index is 11.0. The van der Waals surface area contributed by atoms with Gasteiger partial charge in [-0.15, -0.1) is 0 Å². The van der Waals surface area contributed by atoms with Crippen LogP contribution in [-0.2, 0) is 4.79 Å². The summed E-state index contributed by atoms with van der Waals surface area (Å²) in [6.45, 7) is 0.471. The number of nitrogens with two attached hydrogens (primary N) is 1. The van der Waals surface area contributed by atoms with E-state index in [1.807, 2.05) is 0 Å². The van der Waals surface area contributed by atoms with Crippen molar-refractivity contribution in [2.24, 2.45) is 11.7 Å². The molecule has 0 bridgehead atoms. The number of hydrogen-bond donors (Lipinski definition) is 5. The fraction of sp³-hybridized carbons (Fsp3) is 0.778. The molecule has 6 N–H and O–H groups in total. The molecule has 0 aromatic carbocycles. The Hall–Kier alpha value is -1.28. The van der Waals surface area contributed by atoms with Crippen molar-refractivity contribution in [2.75, 3.05) is 6.54 Å². The number of nitrogens with zero attached hydrogens (tertiary/aromatic N) is 1. The molecule has 0 spiro atoms. The van der Waals surface area contributed by atoms with Crippen LogP contribution in [0, 0.1) is 11.3 Å². The van der Waals surface area contributed by atoms with E-state index in [2.05, 4.69) is 0 Å². The fourth-order valence-electron chi connectivity index (χ4n) is 2.31. The van der Waals surface area contributed by atoms with Crippen molar-refractivity contribution >= 4 is 19.0 Å². The molecule has 1 aliphatic heterocycles. The highest BCUT2D eigenvalue weighted by molar-refractivity contribution is 6.40. The lowest BCUT2D eigenvalue weighted by molar-refractivity contribution is -0.142. The van der Waals surface area contributed by atoms with Crippen LogP contribution in [0.15, 0.2) is 0 Å². The van der Waals surface area contributed by atoms with Gasteiger partial charge in [-0.05, 0) is 19.2 Å². The van der Waals surface area contributed by atoms with E-state index in [0.717, 1.165) is 0 Å². The molecule has 1 fully saturated rings. The van der Waals surface area contributed by atoms with E-state index in [0.29, 0.717) is 25.8 Å². The molecule has 2 unspecified atom stereocenters. The Balaban J connectivity index is 2.59. The van der Waals surface area contributed by atoms with Crippen LogP contribution in [0.2, 0.25) is 6.32 Å². The van der Waals surface area contributed by atoms with Gasteiger partial charge in [-0.25, -0.2) is 0 Å². The van der Waals surface area contributed by atoms with Crippen LogP contribution in [0.3, 0.4) is 0 Å². The van der Waals surface area contributed by atoms with Crippen molar-refractivity contribution in [1.82, 2.24) is 4.90 Å². The zero-order chi connectivity index (χ0) is 13.0. The summed E-state index contributed by atoms with van der Waals surface area (Å²) < 4.78 is 0. The lowest BCUT2D eigenvalue weighted by atomic mass is 9.82. The third-order valence-corrected chi connectivity index (χ3v) is 3.13. The normalized spacial score (nSPS) is 23.8. The van der Waals surface area contributed by atoms with E-state index in [1.54, 1.807) is 4.90 Å². The SMILES string of the molecule is N=C(N)N1CCC(C(=O)O)C1CCCB(O)O. The van der Waals surface area contributed by atoms with Crippen molar-refractivity contribution < 1.29 is 19.9 Å². The van der Waals surface area contributed by atoms with Crippen molar-refractivity contribution in [3.63, 3.8) is 0 Å². The Bertz CT molecular complexity index is 278. The number of rotatable bonds is 5. The Morgan fingerprint density at radius 1 is 1.53 bits per heavy atom. The van der Waals surface area contributed by atoms with E-state index in [4.69, 9.17) is 26.3 Å². The second kappa shape index (κ2) is 5.88. The number of nitrogens with one attached hydrogen (secondary N) is 1. The first kappa shape index (κ1) is 13.8. The fourth-order valence-corrected chi connectivity index (χ4v) is 2.31.